The lowest BCUT2D eigenvalue weighted by Gasteiger charge is -2.16. The fraction of sp³-hybridized carbons (Fsp3) is 0.583. The normalized spacial score (nSPS) is 13.1. The number of hydrogen-bond donors (Lipinski definition) is 1. The quantitative estimate of drug-likeness (QED) is 0.893. The molecule has 0 saturated carbocycles. The molecule has 2 nitrogen and oxygen atoms in total. The van der Waals surface area contributed by atoms with E-state index in [1.54, 1.807) is 6.20 Å². The van der Waals surface area contributed by atoms with Gasteiger partial charge < -0.3 is 5.11 Å². The van der Waals surface area contributed by atoms with E-state index in [1.807, 2.05) is 6.20 Å². The standard InChI is InChI=1S/C12H18BrNO/c1-9(2)3-11(8-15)4-10-5-12(13)7-14-6-10/h5-7,9,11,15H,3-4,8H2,1-2H3. The van der Waals surface area contributed by atoms with E-state index in [-0.39, 0.29) is 6.61 Å². The van der Waals surface area contributed by atoms with E-state index < -0.39 is 0 Å². The lowest BCUT2D eigenvalue weighted by Crippen LogP contribution is -2.12. The molecular formula is C12H18BrNO. The van der Waals surface area contributed by atoms with Crippen LogP contribution in [0.5, 0.6) is 0 Å². The first kappa shape index (κ1) is 12.7. The first-order valence-electron chi connectivity index (χ1n) is 5.32. The smallest absolute Gasteiger partial charge is 0.0462 e. The van der Waals surface area contributed by atoms with Gasteiger partial charge in [0.2, 0.25) is 0 Å². The van der Waals surface area contributed by atoms with Crippen molar-refractivity contribution in [1.82, 2.24) is 4.98 Å². The fourth-order valence-corrected chi connectivity index (χ4v) is 2.20. The SMILES string of the molecule is CC(C)CC(CO)Cc1cncc(Br)c1. The summed E-state index contributed by atoms with van der Waals surface area (Å²) in [5, 5.41) is 9.27. The van der Waals surface area contributed by atoms with Gasteiger partial charge in [-0.3, -0.25) is 4.98 Å². The largest absolute Gasteiger partial charge is 0.396 e. The molecule has 15 heavy (non-hydrogen) atoms. The van der Waals surface area contributed by atoms with Crippen LogP contribution in [0.2, 0.25) is 0 Å². The summed E-state index contributed by atoms with van der Waals surface area (Å²) in [6.45, 7) is 4.62. The third kappa shape index (κ3) is 4.76. The van der Waals surface area contributed by atoms with Crippen LogP contribution in [0.3, 0.4) is 0 Å². The predicted octanol–water partition coefficient (Wildman–Crippen LogP) is 3.04. The zero-order valence-electron chi connectivity index (χ0n) is 9.28. The van der Waals surface area contributed by atoms with Gasteiger partial charge in [0.25, 0.3) is 0 Å². The van der Waals surface area contributed by atoms with Crippen molar-refractivity contribution in [3.63, 3.8) is 0 Å². The number of aromatic nitrogens is 1. The fourth-order valence-electron chi connectivity index (χ4n) is 1.79. The Morgan fingerprint density at radius 3 is 2.67 bits per heavy atom. The highest BCUT2D eigenvalue weighted by atomic mass is 79.9. The topological polar surface area (TPSA) is 33.1 Å². The van der Waals surface area contributed by atoms with Crippen LogP contribution in [0.25, 0.3) is 0 Å². The lowest BCUT2D eigenvalue weighted by molar-refractivity contribution is 0.205. The van der Waals surface area contributed by atoms with Crippen LogP contribution in [-0.2, 0) is 6.42 Å². The zero-order valence-corrected chi connectivity index (χ0v) is 10.9. The molecule has 0 aliphatic rings. The second-order valence-corrected chi connectivity index (χ2v) is 5.31. The first-order chi connectivity index (χ1) is 7.11. The van der Waals surface area contributed by atoms with Gasteiger partial charge in [0.05, 0.1) is 0 Å². The third-order valence-electron chi connectivity index (χ3n) is 2.35. The summed E-state index contributed by atoms with van der Waals surface area (Å²) >= 11 is 3.40. The van der Waals surface area contributed by atoms with Crippen molar-refractivity contribution in [2.24, 2.45) is 11.8 Å². The maximum absolute atomic E-state index is 9.27. The second kappa shape index (κ2) is 6.23. The van der Waals surface area contributed by atoms with Gasteiger partial charge in [-0.1, -0.05) is 13.8 Å². The van der Waals surface area contributed by atoms with Gasteiger partial charge in [0, 0.05) is 23.5 Å². The number of aliphatic hydroxyl groups is 1. The first-order valence-corrected chi connectivity index (χ1v) is 6.11. The summed E-state index contributed by atoms with van der Waals surface area (Å²) in [4.78, 5) is 4.12. The van der Waals surface area contributed by atoms with Gasteiger partial charge in [0.15, 0.2) is 0 Å². The minimum Gasteiger partial charge on any atom is -0.396 e. The Bertz CT molecular complexity index is 301. The van der Waals surface area contributed by atoms with Gasteiger partial charge in [-0.15, -0.1) is 0 Å². The van der Waals surface area contributed by atoms with E-state index in [9.17, 15) is 5.11 Å². The Morgan fingerprint density at radius 1 is 1.40 bits per heavy atom. The number of nitrogens with zero attached hydrogens (tertiary/aromatic N) is 1. The summed E-state index contributed by atoms with van der Waals surface area (Å²) in [5.74, 6) is 0.975. The highest BCUT2D eigenvalue weighted by molar-refractivity contribution is 9.10. The molecule has 1 atom stereocenters. The highest BCUT2D eigenvalue weighted by Crippen LogP contribution is 2.18. The van der Waals surface area contributed by atoms with Crippen LogP contribution >= 0.6 is 15.9 Å². The predicted molar refractivity (Wildman–Crippen MR) is 65.7 cm³/mol. The molecule has 0 amide bonds. The van der Waals surface area contributed by atoms with Crippen LogP contribution in [0.4, 0.5) is 0 Å². The van der Waals surface area contributed by atoms with E-state index in [0.29, 0.717) is 11.8 Å². The maximum atomic E-state index is 9.27. The molecule has 0 bridgehead atoms. The molecule has 0 saturated heterocycles. The van der Waals surface area contributed by atoms with E-state index in [1.165, 1.54) is 5.56 Å². The molecular weight excluding hydrogens is 254 g/mol. The van der Waals surface area contributed by atoms with Gasteiger partial charge in [-0.25, -0.2) is 0 Å². The molecule has 0 spiro atoms. The molecule has 0 aliphatic carbocycles. The monoisotopic (exact) mass is 271 g/mol. The molecule has 84 valence electrons. The summed E-state index contributed by atoms with van der Waals surface area (Å²) in [7, 11) is 0. The van der Waals surface area contributed by atoms with Crippen molar-refractivity contribution in [3.05, 3.63) is 28.5 Å². The second-order valence-electron chi connectivity index (χ2n) is 4.39. The van der Waals surface area contributed by atoms with Crippen molar-refractivity contribution in [2.75, 3.05) is 6.61 Å². The number of rotatable bonds is 5. The molecule has 1 rings (SSSR count). The highest BCUT2D eigenvalue weighted by Gasteiger charge is 2.11. The molecule has 1 aromatic rings. The minimum absolute atomic E-state index is 0.255. The van der Waals surface area contributed by atoms with E-state index >= 15 is 0 Å². The van der Waals surface area contributed by atoms with Gasteiger partial charge in [-0.05, 0) is 52.2 Å². The van der Waals surface area contributed by atoms with Crippen LogP contribution in [0.15, 0.2) is 22.9 Å². The molecule has 0 aliphatic heterocycles. The van der Waals surface area contributed by atoms with Gasteiger partial charge in [0.1, 0.15) is 0 Å². The van der Waals surface area contributed by atoms with Crippen LogP contribution in [0.1, 0.15) is 25.8 Å². The molecule has 0 radical (unpaired) electrons. The van der Waals surface area contributed by atoms with E-state index in [0.717, 1.165) is 17.3 Å². The molecule has 1 unspecified atom stereocenters. The summed E-state index contributed by atoms with van der Waals surface area (Å²) in [6, 6.07) is 2.07. The van der Waals surface area contributed by atoms with Gasteiger partial charge in [-0.2, -0.15) is 0 Å². The van der Waals surface area contributed by atoms with Crippen molar-refractivity contribution >= 4 is 15.9 Å². The lowest BCUT2D eigenvalue weighted by atomic mass is 9.92. The molecule has 0 aromatic carbocycles. The number of halogens is 1. The number of hydrogen-bond acceptors (Lipinski definition) is 2. The Kier molecular flexibility index (Phi) is 5.26. The van der Waals surface area contributed by atoms with Crippen LogP contribution in [0, 0.1) is 11.8 Å². The Morgan fingerprint density at radius 2 is 2.13 bits per heavy atom. The van der Waals surface area contributed by atoms with Crippen LogP contribution in [-0.4, -0.2) is 16.7 Å². The van der Waals surface area contributed by atoms with E-state index in [4.69, 9.17) is 0 Å². The zero-order chi connectivity index (χ0) is 11.3. The van der Waals surface area contributed by atoms with Crippen molar-refractivity contribution in [1.29, 1.82) is 0 Å². The molecule has 1 N–H and O–H groups in total. The van der Waals surface area contributed by atoms with Gasteiger partial charge >= 0.3 is 0 Å². The average Bonchev–Trinajstić information content (AvgIpc) is 2.16. The summed E-state index contributed by atoms with van der Waals surface area (Å²) < 4.78 is 1.00. The van der Waals surface area contributed by atoms with Crippen molar-refractivity contribution < 1.29 is 5.11 Å². The molecule has 0 fully saturated rings. The number of aliphatic hydroxyl groups excluding tert-OH is 1. The Balaban J connectivity index is 2.58. The minimum atomic E-state index is 0.255. The Hall–Kier alpha value is -0.410. The van der Waals surface area contributed by atoms with Crippen LogP contribution < -0.4 is 0 Å². The molecule has 1 heterocycles. The van der Waals surface area contributed by atoms with E-state index in [2.05, 4.69) is 40.8 Å². The maximum Gasteiger partial charge on any atom is 0.0462 e. The molecule has 1 aromatic heterocycles. The summed E-state index contributed by atoms with van der Waals surface area (Å²) in [6.07, 6.45) is 5.61. The average molecular weight is 272 g/mol. The number of pyridine rings is 1. The Labute approximate surface area is 99.9 Å². The molecule has 3 heteroatoms. The summed E-state index contributed by atoms with van der Waals surface area (Å²) in [5.41, 5.74) is 1.18. The third-order valence-corrected chi connectivity index (χ3v) is 2.78. The van der Waals surface area contributed by atoms with Crippen molar-refractivity contribution in [2.45, 2.75) is 26.7 Å². The van der Waals surface area contributed by atoms with Crippen molar-refractivity contribution in [3.8, 4) is 0 Å².